The van der Waals surface area contributed by atoms with Gasteiger partial charge >= 0.3 is 0 Å². The van der Waals surface area contributed by atoms with E-state index < -0.39 is 0 Å². The number of Topliss-reactive ketones (excluding diaryl/α,β-unsaturated/α-hetero) is 1. The van der Waals surface area contributed by atoms with Crippen LogP contribution in [0.1, 0.15) is 26.2 Å². The van der Waals surface area contributed by atoms with E-state index in [0.717, 1.165) is 12.8 Å². The quantitative estimate of drug-likeness (QED) is 0.438. The molecule has 2 nitrogen and oxygen atoms in total. The number of carbonyl (C=O) groups excluding carboxylic acids is 1. The first kappa shape index (κ1) is 10.6. The van der Waals surface area contributed by atoms with Crippen molar-refractivity contribution in [1.29, 1.82) is 0 Å². The molecule has 0 aliphatic carbocycles. The second kappa shape index (κ2) is 4.50. The maximum absolute atomic E-state index is 10.7. The number of hydrogen-bond acceptors (Lipinski definition) is 1. The number of hydrogen-bond donors (Lipinski definition) is 0. The van der Waals surface area contributed by atoms with E-state index in [9.17, 15) is 4.79 Å². The van der Waals surface area contributed by atoms with Crippen LogP contribution < -0.4 is 12.4 Å². The van der Waals surface area contributed by atoms with Gasteiger partial charge in [-0.25, -0.2) is 4.58 Å². The molecule has 1 aliphatic heterocycles. The lowest BCUT2D eigenvalue weighted by Gasteiger charge is -2.02. The molecule has 0 saturated heterocycles. The lowest BCUT2D eigenvalue weighted by Crippen LogP contribution is -3.00. The summed E-state index contributed by atoms with van der Waals surface area (Å²) in [7, 11) is 2.04. The van der Waals surface area contributed by atoms with Crippen LogP contribution in [0.25, 0.3) is 0 Å². The number of ketones is 1. The third kappa shape index (κ3) is 3.02. The van der Waals surface area contributed by atoms with Crippen molar-refractivity contribution in [3.05, 3.63) is 0 Å². The van der Waals surface area contributed by atoms with Crippen molar-refractivity contribution in [2.45, 2.75) is 32.2 Å². The van der Waals surface area contributed by atoms with Crippen LogP contribution >= 0.6 is 0 Å². The zero-order valence-corrected chi connectivity index (χ0v) is 7.77. The van der Waals surface area contributed by atoms with Crippen LogP contribution in [-0.2, 0) is 4.79 Å². The van der Waals surface area contributed by atoms with Crippen molar-refractivity contribution in [3.8, 4) is 0 Å². The molecule has 1 unspecified atom stereocenters. The molecule has 0 bridgehead atoms. The SMILES string of the molecule is CC(=O)CC1CCC=[N+]1C.[Cl-]. The van der Waals surface area contributed by atoms with Crippen molar-refractivity contribution in [2.24, 2.45) is 0 Å². The number of rotatable bonds is 2. The summed E-state index contributed by atoms with van der Waals surface area (Å²) in [6.45, 7) is 1.66. The lowest BCUT2D eigenvalue weighted by molar-refractivity contribution is -0.524. The summed E-state index contributed by atoms with van der Waals surface area (Å²) in [5, 5.41) is 0. The van der Waals surface area contributed by atoms with Crippen molar-refractivity contribution in [1.82, 2.24) is 0 Å². The van der Waals surface area contributed by atoms with Crippen LogP contribution in [0.15, 0.2) is 0 Å². The molecule has 0 aromatic rings. The van der Waals surface area contributed by atoms with Crippen molar-refractivity contribution >= 4 is 12.0 Å². The Balaban J connectivity index is 0.000001000. The zero-order chi connectivity index (χ0) is 7.56. The average Bonchev–Trinajstić information content (AvgIpc) is 2.15. The van der Waals surface area contributed by atoms with E-state index >= 15 is 0 Å². The maximum Gasteiger partial charge on any atom is 0.159 e. The van der Waals surface area contributed by atoms with Crippen LogP contribution in [0.5, 0.6) is 0 Å². The van der Waals surface area contributed by atoms with E-state index in [4.69, 9.17) is 0 Å². The number of halogens is 1. The standard InChI is InChI=1S/C8H14NO.ClH/c1-7(10)6-8-4-3-5-9(8)2;/h5,8H,3-4,6H2,1-2H3;1H/q+1;/p-1. The van der Waals surface area contributed by atoms with E-state index in [2.05, 4.69) is 10.8 Å². The zero-order valence-electron chi connectivity index (χ0n) is 7.01. The normalized spacial score (nSPS) is 22.4. The molecular weight excluding hydrogens is 162 g/mol. The highest BCUT2D eigenvalue weighted by Crippen LogP contribution is 2.10. The van der Waals surface area contributed by atoms with Gasteiger partial charge in [0, 0.05) is 12.8 Å². The minimum atomic E-state index is 0. The molecule has 1 rings (SSSR count). The Hall–Kier alpha value is -0.370. The second-order valence-electron chi connectivity index (χ2n) is 2.99. The van der Waals surface area contributed by atoms with Gasteiger partial charge in [0.05, 0.1) is 6.42 Å². The van der Waals surface area contributed by atoms with Crippen LogP contribution in [0, 0.1) is 0 Å². The van der Waals surface area contributed by atoms with E-state index in [1.54, 1.807) is 6.92 Å². The summed E-state index contributed by atoms with van der Waals surface area (Å²) in [6.07, 6.45) is 5.16. The topological polar surface area (TPSA) is 20.1 Å². The van der Waals surface area contributed by atoms with Crippen molar-refractivity contribution in [2.75, 3.05) is 7.05 Å². The van der Waals surface area contributed by atoms with E-state index in [1.165, 1.54) is 0 Å². The van der Waals surface area contributed by atoms with Gasteiger partial charge in [-0.3, -0.25) is 4.79 Å². The molecule has 0 fully saturated rings. The molecule has 1 atom stereocenters. The summed E-state index contributed by atoms with van der Waals surface area (Å²) in [5.74, 6) is 0.298. The lowest BCUT2D eigenvalue weighted by atomic mass is 10.1. The molecule has 3 heteroatoms. The van der Waals surface area contributed by atoms with Crippen molar-refractivity contribution < 1.29 is 21.8 Å². The highest BCUT2D eigenvalue weighted by atomic mass is 35.5. The van der Waals surface area contributed by atoms with E-state index in [-0.39, 0.29) is 12.4 Å². The van der Waals surface area contributed by atoms with Gasteiger partial charge in [0.2, 0.25) is 0 Å². The summed E-state index contributed by atoms with van der Waals surface area (Å²) in [5.41, 5.74) is 0. The van der Waals surface area contributed by atoms with Crippen molar-refractivity contribution in [3.63, 3.8) is 0 Å². The molecule has 11 heavy (non-hydrogen) atoms. The minimum Gasteiger partial charge on any atom is -1.00 e. The van der Waals surface area contributed by atoms with Gasteiger partial charge in [0.1, 0.15) is 19.0 Å². The summed E-state index contributed by atoms with van der Waals surface area (Å²) in [6, 6.07) is 0.484. The highest BCUT2D eigenvalue weighted by molar-refractivity contribution is 5.76. The predicted molar refractivity (Wildman–Crippen MR) is 40.6 cm³/mol. The average molecular weight is 176 g/mol. The van der Waals surface area contributed by atoms with Crippen LogP contribution in [0.4, 0.5) is 0 Å². The largest absolute Gasteiger partial charge is 1.00 e. The number of carbonyl (C=O) groups is 1. The monoisotopic (exact) mass is 175 g/mol. The maximum atomic E-state index is 10.7. The number of nitrogens with zero attached hydrogens (tertiary/aromatic N) is 1. The third-order valence-corrected chi connectivity index (χ3v) is 2.02. The second-order valence-corrected chi connectivity index (χ2v) is 2.99. The van der Waals surface area contributed by atoms with Crippen LogP contribution in [-0.4, -0.2) is 29.7 Å². The molecule has 64 valence electrons. The van der Waals surface area contributed by atoms with Gasteiger partial charge in [0.25, 0.3) is 0 Å². The van der Waals surface area contributed by atoms with Crippen LogP contribution in [0.3, 0.4) is 0 Å². The van der Waals surface area contributed by atoms with Gasteiger partial charge in [-0.1, -0.05) is 0 Å². The molecule has 0 radical (unpaired) electrons. The Morgan fingerprint density at radius 2 is 2.36 bits per heavy atom. The van der Waals surface area contributed by atoms with Crippen LogP contribution in [0.2, 0.25) is 0 Å². The fraction of sp³-hybridized carbons (Fsp3) is 0.750. The Kier molecular flexibility index (Phi) is 4.34. The molecule has 0 N–H and O–H groups in total. The molecule has 0 aromatic carbocycles. The Morgan fingerprint density at radius 1 is 1.73 bits per heavy atom. The summed E-state index contributed by atoms with van der Waals surface area (Å²) >= 11 is 0. The van der Waals surface area contributed by atoms with E-state index in [1.807, 2.05) is 7.05 Å². The van der Waals surface area contributed by atoms with E-state index in [0.29, 0.717) is 18.2 Å². The minimum absolute atomic E-state index is 0. The first-order valence-electron chi connectivity index (χ1n) is 3.75. The molecule has 0 aromatic heterocycles. The van der Waals surface area contributed by atoms with Gasteiger partial charge in [-0.15, -0.1) is 0 Å². The van der Waals surface area contributed by atoms with Gasteiger partial charge in [-0.05, 0) is 6.92 Å². The molecule has 1 aliphatic rings. The summed E-state index contributed by atoms with van der Waals surface area (Å²) in [4.78, 5) is 10.7. The van der Waals surface area contributed by atoms with Gasteiger partial charge in [0.15, 0.2) is 6.04 Å². The Labute approximate surface area is 73.7 Å². The Morgan fingerprint density at radius 3 is 2.73 bits per heavy atom. The first-order chi connectivity index (χ1) is 4.70. The predicted octanol–water partition coefficient (Wildman–Crippen LogP) is -2.15. The Bertz CT molecular complexity index is 177. The first-order valence-corrected chi connectivity index (χ1v) is 3.75. The summed E-state index contributed by atoms with van der Waals surface area (Å²) < 4.78 is 2.15. The highest BCUT2D eigenvalue weighted by Gasteiger charge is 2.23. The molecular formula is C8H14ClNO. The molecule has 1 heterocycles. The van der Waals surface area contributed by atoms with Gasteiger partial charge in [-0.2, -0.15) is 0 Å². The fourth-order valence-electron chi connectivity index (χ4n) is 1.40. The smallest absolute Gasteiger partial charge is 0.159 e. The molecule has 0 spiro atoms. The third-order valence-electron chi connectivity index (χ3n) is 2.02. The molecule has 0 amide bonds. The fourth-order valence-corrected chi connectivity index (χ4v) is 1.40. The van der Waals surface area contributed by atoms with Gasteiger partial charge < -0.3 is 12.4 Å². The molecule has 0 saturated carbocycles.